The minimum absolute atomic E-state index is 0.0251. The van der Waals surface area contributed by atoms with Gasteiger partial charge >= 0.3 is 12.0 Å². The number of methoxy groups -OCH3 is 1. The minimum atomic E-state index is -0.902. The third kappa shape index (κ3) is 3.62. The molecule has 0 aromatic heterocycles. The lowest BCUT2D eigenvalue weighted by atomic mass is 10.0. The van der Waals surface area contributed by atoms with Crippen LogP contribution >= 0.6 is 0 Å². The minimum Gasteiger partial charge on any atom is -0.494 e. The van der Waals surface area contributed by atoms with Crippen LogP contribution in [0.5, 0.6) is 5.75 Å². The van der Waals surface area contributed by atoms with E-state index in [-0.39, 0.29) is 11.8 Å². The Morgan fingerprint density at radius 2 is 2.14 bits per heavy atom. The molecule has 1 aliphatic carbocycles. The molecule has 1 fully saturated rings. The molecule has 0 radical (unpaired) electrons. The Balaban J connectivity index is 1.97. The van der Waals surface area contributed by atoms with Crippen molar-refractivity contribution >= 4 is 17.7 Å². The molecule has 2 unspecified atom stereocenters. The normalized spacial score (nSPS) is 20.9. The standard InChI is InChI=1S/C14H17FN2O4/c1-21-12-7-8(5-6-10(12)15)16-14(20)17-11-4-2-3-9(11)13(18)19/h5-7,9,11H,2-4H2,1H3,(H,18,19)(H2,16,17,20). The highest BCUT2D eigenvalue weighted by Crippen LogP contribution is 2.26. The number of hydrogen-bond donors (Lipinski definition) is 3. The molecule has 0 heterocycles. The Morgan fingerprint density at radius 1 is 1.38 bits per heavy atom. The largest absolute Gasteiger partial charge is 0.494 e. The fourth-order valence-electron chi connectivity index (χ4n) is 2.50. The van der Waals surface area contributed by atoms with E-state index in [0.717, 1.165) is 6.42 Å². The molecule has 1 aromatic carbocycles. The van der Waals surface area contributed by atoms with Gasteiger partial charge in [-0.25, -0.2) is 9.18 Å². The predicted molar refractivity (Wildman–Crippen MR) is 73.9 cm³/mol. The molecule has 1 saturated carbocycles. The number of carboxylic acid groups (broad SMARTS) is 1. The Kier molecular flexibility index (Phi) is 4.62. The van der Waals surface area contributed by atoms with E-state index in [1.165, 1.54) is 25.3 Å². The van der Waals surface area contributed by atoms with Crippen molar-refractivity contribution in [2.24, 2.45) is 5.92 Å². The number of carboxylic acids is 1. The van der Waals surface area contributed by atoms with Gasteiger partial charge in [-0.2, -0.15) is 0 Å². The molecule has 21 heavy (non-hydrogen) atoms. The molecule has 0 saturated heterocycles. The van der Waals surface area contributed by atoms with E-state index in [2.05, 4.69) is 10.6 Å². The number of carbonyl (C=O) groups excluding carboxylic acids is 1. The molecule has 6 nitrogen and oxygen atoms in total. The fraction of sp³-hybridized carbons (Fsp3) is 0.429. The van der Waals surface area contributed by atoms with Crippen LogP contribution in [-0.4, -0.2) is 30.3 Å². The molecule has 2 amide bonds. The van der Waals surface area contributed by atoms with Crippen molar-refractivity contribution in [2.45, 2.75) is 25.3 Å². The van der Waals surface area contributed by atoms with E-state index in [0.29, 0.717) is 18.5 Å². The van der Waals surface area contributed by atoms with Gasteiger partial charge in [0.1, 0.15) is 0 Å². The van der Waals surface area contributed by atoms with Crippen molar-refractivity contribution in [1.29, 1.82) is 0 Å². The Morgan fingerprint density at radius 3 is 2.81 bits per heavy atom. The van der Waals surface area contributed by atoms with E-state index in [1.54, 1.807) is 0 Å². The predicted octanol–water partition coefficient (Wildman–Crippen LogP) is 2.21. The first kappa shape index (κ1) is 15.1. The molecule has 0 spiro atoms. The topological polar surface area (TPSA) is 87.7 Å². The zero-order valence-electron chi connectivity index (χ0n) is 11.6. The second-order valence-corrected chi connectivity index (χ2v) is 4.93. The molecule has 7 heteroatoms. The van der Waals surface area contributed by atoms with E-state index in [1.807, 2.05) is 0 Å². The summed E-state index contributed by atoms with van der Waals surface area (Å²) in [6.07, 6.45) is 1.97. The summed E-state index contributed by atoms with van der Waals surface area (Å²) < 4.78 is 18.1. The monoisotopic (exact) mass is 296 g/mol. The van der Waals surface area contributed by atoms with Gasteiger partial charge in [-0.1, -0.05) is 6.42 Å². The summed E-state index contributed by atoms with van der Waals surface area (Å²) in [5.74, 6) is -1.96. The first-order chi connectivity index (χ1) is 10.0. The number of benzene rings is 1. The molecule has 3 N–H and O–H groups in total. The van der Waals surface area contributed by atoms with Gasteiger partial charge in [-0.3, -0.25) is 4.79 Å². The second kappa shape index (κ2) is 6.43. The number of rotatable bonds is 4. The lowest BCUT2D eigenvalue weighted by Crippen LogP contribution is -2.42. The van der Waals surface area contributed by atoms with E-state index >= 15 is 0 Å². The number of ether oxygens (including phenoxy) is 1. The average Bonchev–Trinajstić information content (AvgIpc) is 2.89. The number of anilines is 1. The van der Waals surface area contributed by atoms with Gasteiger partial charge < -0.3 is 20.5 Å². The van der Waals surface area contributed by atoms with Crippen LogP contribution in [0.1, 0.15) is 19.3 Å². The van der Waals surface area contributed by atoms with Crippen molar-refractivity contribution in [2.75, 3.05) is 12.4 Å². The number of nitrogens with one attached hydrogen (secondary N) is 2. The molecule has 0 aliphatic heterocycles. The van der Waals surface area contributed by atoms with Crippen LogP contribution in [0.3, 0.4) is 0 Å². The van der Waals surface area contributed by atoms with Gasteiger partial charge in [-0.15, -0.1) is 0 Å². The van der Waals surface area contributed by atoms with Crippen LogP contribution in [0.2, 0.25) is 0 Å². The third-order valence-corrected chi connectivity index (χ3v) is 3.56. The lowest BCUT2D eigenvalue weighted by molar-refractivity contribution is -0.142. The Hall–Kier alpha value is -2.31. The Bertz CT molecular complexity index is 550. The zero-order valence-corrected chi connectivity index (χ0v) is 11.6. The van der Waals surface area contributed by atoms with Crippen LogP contribution in [0.25, 0.3) is 0 Å². The maximum Gasteiger partial charge on any atom is 0.319 e. The number of halogens is 1. The molecule has 0 bridgehead atoms. The van der Waals surface area contributed by atoms with Crippen LogP contribution < -0.4 is 15.4 Å². The summed E-state index contributed by atoms with van der Waals surface area (Å²) in [6.45, 7) is 0. The first-order valence-electron chi connectivity index (χ1n) is 6.65. The van der Waals surface area contributed by atoms with E-state index in [4.69, 9.17) is 9.84 Å². The highest BCUT2D eigenvalue weighted by Gasteiger charge is 2.33. The first-order valence-corrected chi connectivity index (χ1v) is 6.65. The van der Waals surface area contributed by atoms with Gasteiger partial charge in [0, 0.05) is 17.8 Å². The molecule has 1 aromatic rings. The highest BCUT2D eigenvalue weighted by molar-refractivity contribution is 5.90. The van der Waals surface area contributed by atoms with Crippen LogP contribution in [-0.2, 0) is 4.79 Å². The SMILES string of the molecule is COc1cc(NC(=O)NC2CCCC2C(=O)O)ccc1F. The summed E-state index contributed by atoms with van der Waals surface area (Å²) in [5, 5.41) is 14.2. The molecular formula is C14H17FN2O4. The fourth-order valence-corrected chi connectivity index (χ4v) is 2.50. The number of urea groups is 1. The van der Waals surface area contributed by atoms with Gasteiger partial charge in [0.2, 0.25) is 0 Å². The summed E-state index contributed by atoms with van der Waals surface area (Å²) >= 11 is 0. The number of amides is 2. The van der Waals surface area contributed by atoms with Gasteiger partial charge in [0.15, 0.2) is 11.6 Å². The zero-order chi connectivity index (χ0) is 15.4. The second-order valence-electron chi connectivity index (χ2n) is 4.93. The smallest absolute Gasteiger partial charge is 0.319 e. The van der Waals surface area contributed by atoms with E-state index in [9.17, 15) is 14.0 Å². The molecule has 114 valence electrons. The van der Waals surface area contributed by atoms with Gasteiger partial charge in [0.25, 0.3) is 0 Å². The average molecular weight is 296 g/mol. The summed E-state index contributed by atoms with van der Waals surface area (Å²) in [6, 6.07) is 3.05. The lowest BCUT2D eigenvalue weighted by Gasteiger charge is -2.18. The summed E-state index contributed by atoms with van der Waals surface area (Å²) in [5.41, 5.74) is 0.371. The summed E-state index contributed by atoms with van der Waals surface area (Å²) in [4.78, 5) is 22.9. The molecule has 1 aliphatic rings. The quantitative estimate of drug-likeness (QED) is 0.795. The van der Waals surface area contributed by atoms with Crippen molar-refractivity contribution in [3.63, 3.8) is 0 Å². The Labute approximate surface area is 121 Å². The van der Waals surface area contributed by atoms with Crippen LogP contribution in [0.4, 0.5) is 14.9 Å². The molecule has 2 rings (SSSR count). The maximum absolute atomic E-state index is 13.3. The maximum atomic E-state index is 13.3. The van der Waals surface area contributed by atoms with Crippen molar-refractivity contribution in [3.8, 4) is 5.75 Å². The summed E-state index contributed by atoms with van der Waals surface area (Å²) in [7, 11) is 1.33. The third-order valence-electron chi connectivity index (χ3n) is 3.56. The van der Waals surface area contributed by atoms with Gasteiger partial charge in [-0.05, 0) is 25.0 Å². The van der Waals surface area contributed by atoms with Crippen LogP contribution in [0.15, 0.2) is 18.2 Å². The number of aliphatic carboxylic acids is 1. The highest BCUT2D eigenvalue weighted by atomic mass is 19.1. The van der Waals surface area contributed by atoms with Crippen molar-refractivity contribution < 1.29 is 23.8 Å². The van der Waals surface area contributed by atoms with Crippen molar-refractivity contribution in [1.82, 2.24) is 5.32 Å². The van der Waals surface area contributed by atoms with Crippen molar-refractivity contribution in [3.05, 3.63) is 24.0 Å². The van der Waals surface area contributed by atoms with Crippen LogP contribution in [0, 0.1) is 11.7 Å². The molecular weight excluding hydrogens is 279 g/mol. The number of hydrogen-bond acceptors (Lipinski definition) is 3. The number of carbonyl (C=O) groups is 2. The molecule has 2 atom stereocenters. The van der Waals surface area contributed by atoms with Gasteiger partial charge in [0.05, 0.1) is 13.0 Å². The van der Waals surface area contributed by atoms with E-state index < -0.39 is 23.7 Å².